The van der Waals surface area contributed by atoms with E-state index in [2.05, 4.69) is 12.1 Å². The average molecular weight is 273 g/mol. The van der Waals surface area contributed by atoms with Crippen LogP contribution in [0.1, 0.15) is 5.56 Å². The van der Waals surface area contributed by atoms with Crippen LogP contribution in [0, 0.1) is 11.3 Å². The van der Waals surface area contributed by atoms with E-state index in [0.717, 1.165) is 39.1 Å². The third-order valence-electron chi connectivity index (χ3n) is 3.80. The molecule has 0 aromatic heterocycles. The summed E-state index contributed by atoms with van der Waals surface area (Å²) in [6, 6.07) is 17.6. The van der Waals surface area contributed by atoms with Gasteiger partial charge in [0.05, 0.1) is 18.7 Å². The number of rotatable bonds is 1. The third-order valence-corrected chi connectivity index (χ3v) is 3.80. The van der Waals surface area contributed by atoms with Crippen LogP contribution >= 0.6 is 0 Å². The zero-order chi connectivity index (χ0) is 14.4. The molecule has 4 rings (SSSR count). The number of ether oxygens (including phenoxy) is 2. The first-order chi connectivity index (χ1) is 10.3. The van der Waals surface area contributed by atoms with E-state index in [4.69, 9.17) is 14.7 Å². The lowest BCUT2D eigenvalue weighted by Gasteiger charge is -2.22. The molecule has 0 bridgehead atoms. The summed E-state index contributed by atoms with van der Waals surface area (Å²) in [5.41, 5.74) is 2.70. The molecule has 3 aromatic rings. The van der Waals surface area contributed by atoms with Crippen molar-refractivity contribution >= 4 is 10.8 Å². The van der Waals surface area contributed by atoms with Gasteiger partial charge in [0.2, 0.25) is 0 Å². The molecule has 0 atom stereocenters. The second kappa shape index (κ2) is 4.26. The van der Waals surface area contributed by atoms with Crippen molar-refractivity contribution < 1.29 is 9.47 Å². The molecular weight excluding hydrogens is 262 g/mol. The Hall–Kier alpha value is -2.99. The van der Waals surface area contributed by atoms with Gasteiger partial charge in [-0.1, -0.05) is 18.2 Å². The summed E-state index contributed by atoms with van der Waals surface area (Å²) in [6.07, 6.45) is 0. The maximum absolute atomic E-state index is 9.03. The fourth-order valence-electron chi connectivity index (χ4n) is 2.85. The summed E-state index contributed by atoms with van der Waals surface area (Å²) in [5.74, 6) is 2.35. The van der Waals surface area contributed by atoms with Gasteiger partial charge in [-0.25, -0.2) is 0 Å². The Morgan fingerprint density at radius 2 is 1.90 bits per heavy atom. The first-order valence-electron chi connectivity index (χ1n) is 6.64. The minimum absolute atomic E-state index is 0.595. The van der Waals surface area contributed by atoms with Crippen LogP contribution in [0.4, 0.5) is 0 Å². The van der Waals surface area contributed by atoms with Crippen molar-refractivity contribution in [3.05, 3.63) is 54.1 Å². The zero-order valence-corrected chi connectivity index (χ0v) is 11.4. The molecule has 0 amide bonds. The van der Waals surface area contributed by atoms with E-state index >= 15 is 0 Å². The van der Waals surface area contributed by atoms with E-state index in [-0.39, 0.29) is 0 Å². The number of hydrogen-bond acceptors (Lipinski definition) is 3. The van der Waals surface area contributed by atoms with Gasteiger partial charge in [-0.3, -0.25) is 0 Å². The van der Waals surface area contributed by atoms with Crippen molar-refractivity contribution in [2.45, 2.75) is 0 Å². The molecule has 21 heavy (non-hydrogen) atoms. The highest BCUT2D eigenvalue weighted by molar-refractivity contribution is 6.06. The number of nitrogens with zero attached hydrogens (tertiary/aromatic N) is 1. The van der Waals surface area contributed by atoms with Crippen LogP contribution in [0.5, 0.6) is 17.2 Å². The van der Waals surface area contributed by atoms with E-state index in [1.165, 1.54) is 0 Å². The van der Waals surface area contributed by atoms with Crippen LogP contribution in [0.25, 0.3) is 21.9 Å². The summed E-state index contributed by atoms with van der Waals surface area (Å²) in [6.45, 7) is 0. The first-order valence-corrected chi connectivity index (χ1v) is 6.64. The van der Waals surface area contributed by atoms with Gasteiger partial charge in [-0.2, -0.15) is 5.26 Å². The SMILES string of the molecule is COc1ccc2c3c(cccc13)-c1ccc(C#N)cc1O2. The number of nitriles is 1. The maximum Gasteiger partial charge on any atom is 0.136 e. The fraction of sp³-hybridized carbons (Fsp3) is 0.0556. The summed E-state index contributed by atoms with van der Waals surface area (Å²) in [4.78, 5) is 0. The molecule has 0 unspecified atom stereocenters. The normalized spacial score (nSPS) is 11.4. The summed E-state index contributed by atoms with van der Waals surface area (Å²) in [5, 5.41) is 11.1. The number of benzene rings is 3. The monoisotopic (exact) mass is 273 g/mol. The molecule has 0 radical (unpaired) electrons. The highest BCUT2D eigenvalue weighted by Crippen LogP contribution is 2.48. The minimum atomic E-state index is 0.595. The molecule has 0 saturated heterocycles. The molecule has 1 heterocycles. The van der Waals surface area contributed by atoms with Crippen LogP contribution in [0.15, 0.2) is 48.5 Å². The Balaban J connectivity index is 2.10. The molecule has 3 heteroatoms. The zero-order valence-electron chi connectivity index (χ0n) is 11.4. The van der Waals surface area contributed by atoms with Crippen LogP contribution in [0.3, 0.4) is 0 Å². The van der Waals surface area contributed by atoms with Gasteiger partial charge >= 0.3 is 0 Å². The van der Waals surface area contributed by atoms with E-state index in [1.807, 2.05) is 36.4 Å². The number of hydrogen-bond donors (Lipinski definition) is 0. The van der Waals surface area contributed by atoms with Crippen molar-refractivity contribution in [3.8, 4) is 34.4 Å². The van der Waals surface area contributed by atoms with Crippen molar-refractivity contribution in [2.24, 2.45) is 0 Å². The van der Waals surface area contributed by atoms with Crippen LogP contribution < -0.4 is 9.47 Å². The van der Waals surface area contributed by atoms with Crippen molar-refractivity contribution in [1.82, 2.24) is 0 Å². The minimum Gasteiger partial charge on any atom is -0.496 e. The highest BCUT2D eigenvalue weighted by atomic mass is 16.5. The maximum atomic E-state index is 9.03. The third kappa shape index (κ3) is 1.60. The Morgan fingerprint density at radius 1 is 1.00 bits per heavy atom. The van der Waals surface area contributed by atoms with E-state index in [1.54, 1.807) is 13.2 Å². The quantitative estimate of drug-likeness (QED) is 0.513. The topological polar surface area (TPSA) is 42.2 Å². The number of fused-ring (bicyclic) bond motifs is 2. The lowest BCUT2D eigenvalue weighted by Crippen LogP contribution is -1.98. The van der Waals surface area contributed by atoms with Crippen molar-refractivity contribution in [2.75, 3.05) is 7.11 Å². The lowest BCUT2D eigenvalue weighted by atomic mass is 9.94. The molecule has 3 aromatic carbocycles. The summed E-state index contributed by atoms with van der Waals surface area (Å²) < 4.78 is 11.4. The molecule has 0 fully saturated rings. The number of methoxy groups -OCH3 is 1. The van der Waals surface area contributed by atoms with E-state index in [0.29, 0.717) is 5.56 Å². The van der Waals surface area contributed by atoms with Crippen LogP contribution in [0.2, 0.25) is 0 Å². The molecule has 3 nitrogen and oxygen atoms in total. The van der Waals surface area contributed by atoms with Gasteiger partial charge < -0.3 is 9.47 Å². The van der Waals surface area contributed by atoms with Crippen LogP contribution in [-0.2, 0) is 0 Å². The molecule has 1 aliphatic heterocycles. The van der Waals surface area contributed by atoms with Crippen molar-refractivity contribution in [3.63, 3.8) is 0 Å². The molecule has 1 aliphatic rings. The van der Waals surface area contributed by atoms with Gasteiger partial charge in [0.1, 0.15) is 17.2 Å². The fourth-order valence-corrected chi connectivity index (χ4v) is 2.85. The van der Waals surface area contributed by atoms with Gasteiger partial charge in [0.15, 0.2) is 0 Å². The Labute approximate surface area is 122 Å². The molecule has 100 valence electrons. The Morgan fingerprint density at radius 3 is 2.71 bits per heavy atom. The molecule has 0 spiro atoms. The Kier molecular flexibility index (Phi) is 2.39. The summed E-state index contributed by atoms with van der Waals surface area (Å²) in [7, 11) is 1.67. The predicted molar refractivity (Wildman–Crippen MR) is 80.7 cm³/mol. The molecule has 0 saturated carbocycles. The van der Waals surface area contributed by atoms with Gasteiger partial charge in [0.25, 0.3) is 0 Å². The smallest absolute Gasteiger partial charge is 0.136 e. The van der Waals surface area contributed by atoms with Crippen LogP contribution in [-0.4, -0.2) is 7.11 Å². The van der Waals surface area contributed by atoms with Gasteiger partial charge in [0, 0.05) is 16.3 Å². The summed E-state index contributed by atoms with van der Waals surface area (Å²) >= 11 is 0. The lowest BCUT2D eigenvalue weighted by molar-refractivity contribution is 0.418. The predicted octanol–water partition coefficient (Wildman–Crippen LogP) is 4.49. The molecular formula is C18H11NO2. The molecule has 0 aliphatic carbocycles. The van der Waals surface area contributed by atoms with Crippen molar-refractivity contribution in [1.29, 1.82) is 5.26 Å². The van der Waals surface area contributed by atoms with E-state index in [9.17, 15) is 0 Å². The second-order valence-electron chi connectivity index (χ2n) is 4.92. The largest absolute Gasteiger partial charge is 0.496 e. The van der Waals surface area contributed by atoms with Gasteiger partial charge in [-0.15, -0.1) is 0 Å². The van der Waals surface area contributed by atoms with E-state index < -0.39 is 0 Å². The average Bonchev–Trinajstić information content (AvgIpc) is 2.55. The first kappa shape index (κ1) is 11.8. The Bertz CT molecular complexity index is 922. The molecule has 0 N–H and O–H groups in total. The highest BCUT2D eigenvalue weighted by Gasteiger charge is 2.21. The standard InChI is InChI=1S/C18H11NO2/c1-20-15-7-8-16-18-13(3-2-4-14(15)18)12-6-5-11(10-19)9-17(12)21-16/h2-9H,1H3. The van der Waals surface area contributed by atoms with Gasteiger partial charge in [-0.05, 0) is 35.9 Å². The second-order valence-corrected chi connectivity index (χ2v) is 4.92.